The van der Waals surface area contributed by atoms with Crippen molar-refractivity contribution in [3.8, 4) is 0 Å². The lowest BCUT2D eigenvalue weighted by atomic mass is 9.95. The van der Waals surface area contributed by atoms with Gasteiger partial charge < -0.3 is 10.1 Å². The molecule has 0 atom stereocenters. The van der Waals surface area contributed by atoms with Gasteiger partial charge in [-0.05, 0) is 25.7 Å². The Kier molecular flexibility index (Phi) is 13.7. The molecule has 0 unspecified atom stereocenters. The van der Waals surface area contributed by atoms with Gasteiger partial charge in [0.15, 0.2) is 0 Å². The summed E-state index contributed by atoms with van der Waals surface area (Å²) in [7, 11) is 1.73. The predicted octanol–water partition coefficient (Wildman–Crippen LogP) is 5.30. The van der Waals surface area contributed by atoms with Gasteiger partial charge in [-0.2, -0.15) is 0 Å². The summed E-state index contributed by atoms with van der Waals surface area (Å²) in [5.74, 6) is 0. The maximum Gasteiger partial charge on any atom is 0.284 e. The Morgan fingerprint density at radius 2 is 1.29 bits per heavy atom. The quantitative estimate of drug-likeness (QED) is 0.554. The second-order valence-electron chi connectivity index (χ2n) is 5.41. The summed E-state index contributed by atoms with van der Waals surface area (Å²) in [5, 5.41) is 3.48. The Morgan fingerprint density at radius 3 is 1.76 bits per heavy atom. The van der Waals surface area contributed by atoms with Gasteiger partial charge in [0.05, 0.1) is 13.2 Å². The molecule has 0 spiro atoms. The molecule has 0 aromatic heterocycles. The van der Waals surface area contributed by atoms with Crippen LogP contribution < -0.4 is 5.32 Å². The lowest BCUT2D eigenvalue weighted by Crippen LogP contribution is -2.38. The molecule has 21 heavy (non-hydrogen) atoms. The fraction of sp³-hybridized carbons (Fsp3) is 0.944. The molecular weight excluding hydrogens is 260 g/mol. The minimum Gasteiger partial charge on any atom is -0.469 e. The smallest absolute Gasteiger partial charge is 0.284 e. The van der Waals surface area contributed by atoms with Crippen molar-refractivity contribution >= 4 is 6.02 Å². The molecule has 0 radical (unpaired) electrons. The Balaban J connectivity index is 0.000000921. The predicted molar refractivity (Wildman–Crippen MR) is 94.0 cm³/mol. The summed E-state index contributed by atoms with van der Waals surface area (Å²) in [6, 6.07) is 1.87. The highest BCUT2D eigenvalue weighted by Crippen LogP contribution is 2.21. The third-order valence-corrected chi connectivity index (χ3v) is 4.00. The zero-order chi connectivity index (χ0) is 15.9. The van der Waals surface area contributed by atoms with Gasteiger partial charge in [0.25, 0.3) is 6.02 Å². The second kappa shape index (κ2) is 14.2. The molecule has 0 saturated heterocycles. The van der Waals surface area contributed by atoms with Gasteiger partial charge in [-0.25, -0.2) is 4.99 Å². The van der Waals surface area contributed by atoms with Crippen LogP contribution in [-0.4, -0.2) is 25.2 Å². The Labute approximate surface area is 133 Å². The minimum absolute atomic E-state index is 0.495. The molecule has 3 nitrogen and oxygen atoms in total. The van der Waals surface area contributed by atoms with Crippen molar-refractivity contribution in [1.29, 1.82) is 0 Å². The first kappa shape index (κ1) is 20.3. The molecular formula is C18H38N2O. The number of hydrogen-bond acceptors (Lipinski definition) is 2. The van der Waals surface area contributed by atoms with Crippen LogP contribution in [0.4, 0.5) is 0 Å². The summed E-state index contributed by atoms with van der Waals surface area (Å²) in [6.07, 6.45) is 13.1. The van der Waals surface area contributed by atoms with Crippen molar-refractivity contribution in [3.05, 3.63) is 0 Å². The van der Waals surface area contributed by atoms with E-state index < -0.39 is 0 Å². The maximum atomic E-state index is 5.39. The van der Waals surface area contributed by atoms with Crippen LogP contribution in [0.5, 0.6) is 0 Å². The van der Waals surface area contributed by atoms with E-state index in [1.54, 1.807) is 7.11 Å². The van der Waals surface area contributed by atoms with Crippen molar-refractivity contribution in [2.45, 2.75) is 104 Å². The van der Waals surface area contributed by atoms with E-state index in [9.17, 15) is 0 Å². The molecule has 1 N–H and O–H groups in total. The van der Waals surface area contributed by atoms with Crippen LogP contribution >= 0.6 is 0 Å². The molecule has 126 valence electrons. The van der Waals surface area contributed by atoms with E-state index in [4.69, 9.17) is 9.73 Å². The number of nitrogens with one attached hydrogen (secondary N) is 1. The molecule has 0 aliphatic heterocycles. The fourth-order valence-electron chi connectivity index (χ4n) is 2.95. The number of methoxy groups -OCH3 is 1. The summed E-state index contributed by atoms with van der Waals surface area (Å²) < 4.78 is 5.39. The average Bonchev–Trinajstić information content (AvgIpc) is 2.60. The monoisotopic (exact) mass is 298 g/mol. The van der Waals surface area contributed by atoms with E-state index in [0.717, 1.165) is 6.02 Å². The van der Waals surface area contributed by atoms with Crippen LogP contribution in [0.15, 0.2) is 4.99 Å². The molecule has 0 aromatic rings. The maximum absolute atomic E-state index is 5.39. The largest absolute Gasteiger partial charge is 0.469 e. The Morgan fingerprint density at radius 1 is 0.810 bits per heavy atom. The van der Waals surface area contributed by atoms with E-state index >= 15 is 0 Å². The molecule has 2 fully saturated rings. The molecule has 0 amide bonds. The van der Waals surface area contributed by atoms with E-state index in [1.165, 1.54) is 64.2 Å². The molecule has 2 saturated carbocycles. The number of ether oxygens (including phenoxy) is 1. The van der Waals surface area contributed by atoms with E-state index in [-0.39, 0.29) is 0 Å². The van der Waals surface area contributed by atoms with E-state index in [0.29, 0.717) is 12.1 Å². The summed E-state index contributed by atoms with van der Waals surface area (Å²) in [6.45, 7) is 8.00. The standard InChI is InChI=1S/C14H26N2O.2C2H6/c1-17-14(15-12-8-4-2-5-9-12)16-13-10-6-3-7-11-13;2*1-2/h12-13H,2-11H2,1H3,(H,15,16);2*1-2H3. The molecule has 2 aliphatic carbocycles. The van der Waals surface area contributed by atoms with Crippen molar-refractivity contribution in [3.63, 3.8) is 0 Å². The summed E-state index contributed by atoms with van der Waals surface area (Å²) >= 11 is 0. The van der Waals surface area contributed by atoms with Crippen molar-refractivity contribution in [1.82, 2.24) is 5.32 Å². The van der Waals surface area contributed by atoms with Crippen molar-refractivity contribution in [2.24, 2.45) is 4.99 Å². The van der Waals surface area contributed by atoms with Gasteiger partial charge in [-0.15, -0.1) is 0 Å². The molecule has 2 rings (SSSR count). The van der Waals surface area contributed by atoms with Gasteiger partial charge in [-0.3, -0.25) is 0 Å². The topological polar surface area (TPSA) is 33.6 Å². The normalized spacial score (nSPS) is 20.5. The molecule has 3 heteroatoms. The van der Waals surface area contributed by atoms with E-state index in [1.807, 2.05) is 27.7 Å². The van der Waals surface area contributed by atoms with Crippen molar-refractivity contribution in [2.75, 3.05) is 7.11 Å². The summed E-state index contributed by atoms with van der Waals surface area (Å²) in [4.78, 5) is 4.73. The van der Waals surface area contributed by atoms with Crippen LogP contribution in [0.2, 0.25) is 0 Å². The van der Waals surface area contributed by atoms with Gasteiger partial charge >= 0.3 is 0 Å². The first-order chi connectivity index (χ1) is 10.4. The first-order valence-corrected chi connectivity index (χ1v) is 9.27. The lowest BCUT2D eigenvalue weighted by Gasteiger charge is -2.25. The highest BCUT2D eigenvalue weighted by Gasteiger charge is 2.17. The fourth-order valence-corrected chi connectivity index (χ4v) is 2.95. The first-order valence-electron chi connectivity index (χ1n) is 9.27. The number of rotatable bonds is 2. The Hall–Kier alpha value is -0.730. The second-order valence-corrected chi connectivity index (χ2v) is 5.41. The third-order valence-electron chi connectivity index (χ3n) is 4.00. The van der Waals surface area contributed by atoms with E-state index in [2.05, 4.69) is 5.32 Å². The highest BCUT2D eigenvalue weighted by atomic mass is 16.5. The number of nitrogens with zero attached hydrogens (tertiary/aromatic N) is 1. The van der Waals surface area contributed by atoms with Gasteiger partial charge in [-0.1, -0.05) is 66.2 Å². The Bertz CT molecular complexity index is 242. The van der Waals surface area contributed by atoms with Crippen LogP contribution in [-0.2, 0) is 4.74 Å². The van der Waals surface area contributed by atoms with Gasteiger partial charge in [0.2, 0.25) is 0 Å². The lowest BCUT2D eigenvalue weighted by molar-refractivity contribution is 0.331. The molecule has 0 heterocycles. The van der Waals surface area contributed by atoms with Crippen molar-refractivity contribution < 1.29 is 4.74 Å². The van der Waals surface area contributed by atoms with Crippen LogP contribution in [0.1, 0.15) is 91.9 Å². The van der Waals surface area contributed by atoms with Gasteiger partial charge in [0.1, 0.15) is 0 Å². The van der Waals surface area contributed by atoms with Crippen LogP contribution in [0.25, 0.3) is 0 Å². The molecule has 0 bridgehead atoms. The zero-order valence-electron chi connectivity index (χ0n) is 15.1. The highest BCUT2D eigenvalue weighted by molar-refractivity contribution is 5.74. The zero-order valence-corrected chi connectivity index (χ0v) is 15.1. The summed E-state index contributed by atoms with van der Waals surface area (Å²) in [5.41, 5.74) is 0. The minimum atomic E-state index is 0.495. The number of amidine groups is 1. The molecule has 2 aliphatic rings. The van der Waals surface area contributed by atoms with Crippen LogP contribution in [0, 0.1) is 0 Å². The number of hydrogen-bond donors (Lipinski definition) is 1. The molecule has 0 aromatic carbocycles. The average molecular weight is 299 g/mol. The SMILES string of the molecule is CC.CC.COC(=NC1CCCCC1)NC1CCCCC1. The third kappa shape index (κ3) is 9.00. The number of aliphatic imine (C=N–C) groups is 1. The van der Waals surface area contributed by atoms with Gasteiger partial charge in [0, 0.05) is 6.04 Å². The van der Waals surface area contributed by atoms with Crippen LogP contribution in [0.3, 0.4) is 0 Å².